The van der Waals surface area contributed by atoms with Crippen LogP contribution in [0.25, 0.3) is 0 Å². The molecule has 1 fully saturated rings. The molecule has 0 saturated carbocycles. The monoisotopic (exact) mass is 259 g/mol. The Hall–Kier alpha value is -0.900. The summed E-state index contributed by atoms with van der Waals surface area (Å²) in [6, 6.07) is 9.62. The second-order valence-corrected chi connectivity index (χ2v) is 6.14. The van der Waals surface area contributed by atoms with Crippen molar-refractivity contribution in [2.24, 2.45) is 0 Å². The highest BCUT2D eigenvalue weighted by atomic mass is 15.3. The van der Waals surface area contributed by atoms with Crippen LogP contribution in [0, 0.1) is 0 Å². The fourth-order valence-corrected chi connectivity index (χ4v) is 3.40. The van der Waals surface area contributed by atoms with E-state index in [1.54, 1.807) is 11.1 Å². The normalized spacial score (nSPS) is 23.6. The van der Waals surface area contributed by atoms with Gasteiger partial charge in [0.1, 0.15) is 0 Å². The maximum atomic E-state index is 2.65. The molecule has 0 amide bonds. The van der Waals surface area contributed by atoms with Gasteiger partial charge in [-0.2, -0.15) is 0 Å². The van der Waals surface area contributed by atoms with Gasteiger partial charge in [0.05, 0.1) is 0 Å². The molecule has 19 heavy (non-hydrogen) atoms. The summed E-state index contributed by atoms with van der Waals surface area (Å²) >= 11 is 0. The summed E-state index contributed by atoms with van der Waals surface area (Å²) < 4.78 is 0. The van der Waals surface area contributed by atoms with Gasteiger partial charge >= 0.3 is 0 Å². The highest BCUT2D eigenvalue weighted by Crippen LogP contribution is 2.35. The van der Waals surface area contributed by atoms with Gasteiger partial charge in [-0.3, -0.25) is 4.90 Å². The van der Waals surface area contributed by atoms with Crippen LogP contribution in [0.5, 0.6) is 0 Å². The van der Waals surface area contributed by atoms with Gasteiger partial charge < -0.3 is 9.80 Å². The van der Waals surface area contributed by atoms with Gasteiger partial charge in [0.2, 0.25) is 0 Å². The van der Waals surface area contributed by atoms with Crippen molar-refractivity contribution >= 4 is 0 Å². The van der Waals surface area contributed by atoms with Crippen molar-refractivity contribution in [2.45, 2.75) is 19.0 Å². The number of rotatable bonds is 4. The predicted octanol–water partition coefficient (Wildman–Crippen LogP) is 1.81. The van der Waals surface area contributed by atoms with E-state index >= 15 is 0 Å². The molecule has 0 aromatic heterocycles. The van der Waals surface area contributed by atoms with E-state index in [-0.39, 0.29) is 0 Å². The Morgan fingerprint density at radius 3 is 2.89 bits per heavy atom. The van der Waals surface area contributed by atoms with Crippen LogP contribution >= 0.6 is 0 Å². The molecule has 3 heteroatoms. The van der Waals surface area contributed by atoms with E-state index in [2.05, 4.69) is 53.1 Å². The number of piperazine rings is 1. The third kappa shape index (κ3) is 2.83. The highest BCUT2D eigenvalue weighted by molar-refractivity contribution is 5.34. The zero-order valence-corrected chi connectivity index (χ0v) is 12.2. The standard InChI is InChI=1S/C16H25N3/c1-17(2)8-5-9-18-10-11-19-12-14-6-3-4-7-15(14)16(19)13-18/h3-4,6-7,16H,5,8-13H2,1-2H3. The van der Waals surface area contributed by atoms with Gasteiger partial charge in [-0.15, -0.1) is 0 Å². The van der Waals surface area contributed by atoms with Gasteiger partial charge in [-0.25, -0.2) is 0 Å². The Morgan fingerprint density at radius 2 is 2.05 bits per heavy atom. The third-order valence-corrected chi connectivity index (χ3v) is 4.44. The Bertz CT molecular complexity index is 430. The van der Waals surface area contributed by atoms with E-state index in [1.807, 2.05) is 0 Å². The van der Waals surface area contributed by atoms with Crippen LogP contribution in [0.1, 0.15) is 23.6 Å². The number of nitrogens with zero attached hydrogens (tertiary/aromatic N) is 3. The molecule has 2 heterocycles. The minimum Gasteiger partial charge on any atom is -0.309 e. The van der Waals surface area contributed by atoms with Crippen molar-refractivity contribution in [1.82, 2.24) is 14.7 Å². The fourth-order valence-electron chi connectivity index (χ4n) is 3.40. The lowest BCUT2D eigenvalue weighted by molar-refractivity contribution is 0.0813. The molecule has 1 aromatic rings. The van der Waals surface area contributed by atoms with E-state index in [9.17, 15) is 0 Å². The lowest BCUT2D eigenvalue weighted by Crippen LogP contribution is -2.46. The summed E-state index contributed by atoms with van der Waals surface area (Å²) in [4.78, 5) is 7.57. The summed E-state index contributed by atoms with van der Waals surface area (Å²) in [5.41, 5.74) is 3.11. The van der Waals surface area contributed by atoms with Crippen molar-refractivity contribution in [2.75, 3.05) is 46.8 Å². The smallest absolute Gasteiger partial charge is 0.0482 e. The van der Waals surface area contributed by atoms with E-state index in [0.29, 0.717) is 6.04 Å². The molecular formula is C16H25N3. The number of fused-ring (bicyclic) bond motifs is 3. The average Bonchev–Trinajstić information content (AvgIpc) is 2.76. The zero-order chi connectivity index (χ0) is 13.2. The van der Waals surface area contributed by atoms with Crippen molar-refractivity contribution in [3.05, 3.63) is 35.4 Å². The Morgan fingerprint density at radius 1 is 1.21 bits per heavy atom. The van der Waals surface area contributed by atoms with Crippen LogP contribution in [0.4, 0.5) is 0 Å². The molecule has 0 spiro atoms. The van der Waals surface area contributed by atoms with E-state index in [1.165, 1.54) is 39.1 Å². The molecule has 1 atom stereocenters. The topological polar surface area (TPSA) is 9.72 Å². The van der Waals surface area contributed by atoms with Crippen molar-refractivity contribution < 1.29 is 0 Å². The molecule has 0 aliphatic carbocycles. The van der Waals surface area contributed by atoms with Crippen molar-refractivity contribution in [1.29, 1.82) is 0 Å². The van der Waals surface area contributed by atoms with Crippen LogP contribution in [-0.4, -0.2) is 61.5 Å². The number of hydrogen-bond acceptors (Lipinski definition) is 3. The first-order valence-corrected chi connectivity index (χ1v) is 7.43. The van der Waals surface area contributed by atoms with E-state index in [4.69, 9.17) is 0 Å². The Balaban J connectivity index is 1.60. The molecule has 1 aromatic carbocycles. The molecule has 0 N–H and O–H groups in total. The largest absolute Gasteiger partial charge is 0.309 e. The van der Waals surface area contributed by atoms with E-state index in [0.717, 1.165) is 6.54 Å². The van der Waals surface area contributed by atoms with Crippen LogP contribution in [0.15, 0.2) is 24.3 Å². The van der Waals surface area contributed by atoms with Gasteiger partial charge in [0.25, 0.3) is 0 Å². The SMILES string of the molecule is CN(C)CCCN1CCN2Cc3ccccc3C2C1. The molecular weight excluding hydrogens is 234 g/mol. The van der Waals surface area contributed by atoms with E-state index < -0.39 is 0 Å². The van der Waals surface area contributed by atoms with Gasteiger partial charge in [0, 0.05) is 32.2 Å². The maximum absolute atomic E-state index is 2.65. The molecule has 1 unspecified atom stereocenters. The average molecular weight is 259 g/mol. The molecule has 104 valence electrons. The molecule has 2 aliphatic rings. The lowest BCUT2D eigenvalue weighted by atomic mass is 10.0. The second kappa shape index (κ2) is 5.61. The highest BCUT2D eigenvalue weighted by Gasteiger charge is 2.34. The maximum Gasteiger partial charge on any atom is 0.0482 e. The quantitative estimate of drug-likeness (QED) is 0.816. The van der Waals surface area contributed by atoms with Gasteiger partial charge in [-0.05, 0) is 44.7 Å². The number of benzene rings is 1. The van der Waals surface area contributed by atoms with Crippen LogP contribution < -0.4 is 0 Å². The molecule has 0 radical (unpaired) electrons. The molecule has 3 rings (SSSR count). The van der Waals surface area contributed by atoms with Gasteiger partial charge in [0.15, 0.2) is 0 Å². The summed E-state index contributed by atoms with van der Waals surface area (Å²) in [6.45, 7) is 7.27. The lowest BCUT2D eigenvalue weighted by Gasteiger charge is -2.38. The summed E-state index contributed by atoms with van der Waals surface area (Å²) in [7, 11) is 4.32. The first-order valence-electron chi connectivity index (χ1n) is 7.43. The van der Waals surface area contributed by atoms with Gasteiger partial charge in [-0.1, -0.05) is 24.3 Å². The minimum atomic E-state index is 0.643. The van der Waals surface area contributed by atoms with Crippen LogP contribution in [0.3, 0.4) is 0 Å². The predicted molar refractivity (Wildman–Crippen MR) is 79.2 cm³/mol. The summed E-state index contributed by atoms with van der Waals surface area (Å²) in [6.07, 6.45) is 1.28. The number of hydrogen-bond donors (Lipinski definition) is 0. The fraction of sp³-hybridized carbons (Fsp3) is 0.625. The first-order chi connectivity index (χ1) is 9.24. The van der Waals surface area contributed by atoms with Crippen LogP contribution in [-0.2, 0) is 6.54 Å². The second-order valence-electron chi connectivity index (χ2n) is 6.14. The summed E-state index contributed by atoms with van der Waals surface area (Å²) in [5.74, 6) is 0. The zero-order valence-electron chi connectivity index (χ0n) is 12.2. The van der Waals surface area contributed by atoms with Crippen molar-refractivity contribution in [3.8, 4) is 0 Å². The Labute approximate surface area is 116 Å². The first kappa shape index (κ1) is 13.1. The van der Waals surface area contributed by atoms with Crippen LogP contribution in [0.2, 0.25) is 0 Å². The Kier molecular flexibility index (Phi) is 3.87. The molecule has 0 bridgehead atoms. The summed E-state index contributed by atoms with van der Waals surface area (Å²) in [5, 5.41) is 0. The third-order valence-electron chi connectivity index (χ3n) is 4.44. The van der Waals surface area contributed by atoms with Crippen molar-refractivity contribution in [3.63, 3.8) is 0 Å². The molecule has 2 aliphatic heterocycles. The molecule has 1 saturated heterocycles. The molecule has 3 nitrogen and oxygen atoms in total. The minimum absolute atomic E-state index is 0.643.